The molecule has 100 valence electrons. The van der Waals surface area contributed by atoms with Gasteiger partial charge in [-0.05, 0) is 40.8 Å². The van der Waals surface area contributed by atoms with E-state index in [-0.39, 0.29) is 5.54 Å². The molecule has 0 bridgehead atoms. The smallest absolute Gasteiger partial charge is 0.0327 e. The van der Waals surface area contributed by atoms with E-state index < -0.39 is 0 Å². The summed E-state index contributed by atoms with van der Waals surface area (Å²) in [7, 11) is 4.34. The number of likely N-dealkylation sites (N-methyl/N-ethyl adjacent to an activating group) is 1. The Hall–Kier alpha value is -0.120. The topological polar surface area (TPSA) is 18.5 Å². The van der Waals surface area contributed by atoms with Crippen LogP contribution < -0.4 is 5.32 Å². The molecular weight excluding hydrogens is 210 g/mol. The van der Waals surface area contributed by atoms with Crippen molar-refractivity contribution in [3.8, 4) is 0 Å². The van der Waals surface area contributed by atoms with Gasteiger partial charge in [0.25, 0.3) is 0 Å². The molecule has 3 heteroatoms. The zero-order valence-corrected chi connectivity index (χ0v) is 12.0. The molecule has 1 saturated carbocycles. The van der Waals surface area contributed by atoms with Gasteiger partial charge in [-0.2, -0.15) is 0 Å². The monoisotopic (exact) mass is 239 g/mol. The molecule has 1 atom stereocenters. The molecule has 0 amide bonds. The van der Waals surface area contributed by atoms with E-state index in [1.165, 1.54) is 38.8 Å². The van der Waals surface area contributed by atoms with Crippen molar-refractivity contribution in [1.29, 1.82) is 0 Å². The lowest BCUT2D eigenvalue weighted by molar-refractivity contribution is 0.0713. The van der Waals surface area contributed by atoms with E-state index in [0.29, 0.717) is 6.04 Å². The molecule has 1 N–H and O–H groups in total. The maximum absolute atomic E-state index is 3.79. The van der Waals surface area contributed by atoms with Crippen LogP contribution in [-0.4, -0.2) is 61.2 Å². The van der Waals surface area contributed by atoms with Crippen molar-refractivity contribution >= 4 is 0 Å². The summed E-state index contributed by atoms with van der Waals surface area (Å²) in [5, 5.41) is 3.79. The number of nitrogens with zero attached hydrogens (tertiary/aromatic N) is 2. The van der Waals surface area contributed by atoms with Crippen LogP contribution >= 0.6 is 0 Å². The van der Waals surface area contributed by atoms with Gasteiger partial charge in [0.1, 0.15) is 0 Å². The molecule has 1 saturated heterocycles. The Kier molecular flexibility index (Phi) is 4.11. The van der Waals surface area contributed by atoms with E-state index in [1.807, 2.05) is 0 Å². The fraction of sp³-hybridized carbons (Fsp3) is 1.00. The lowest BCUT2D eigenvalue weighted by Crippen LogP contribution is -2.65. The molecule has 0 spiro atoms. The predicted octanol–water partition coefficient (Wildman–Crippen LogP) is 1.54. The predicted molar refractivity (Wildman–Crippen MR) is 73.4 cm³/mol. The van der Waals surface area contributed by atoms with Crippen LogP contribution in [0.1, 0.15) is 39.5 Å². The number of nitrogens with one attached hydrogen (secondary N) is 1. The van der Waals surface area contributed by atoms with E-state index in [1.54, 1.807) is 0 Å². The largest absolute Gasteiger partial charge is 0.308 e. The first-order valence-corrected chi connectivity index (χ1v) is 7.13. The van der Waals surface area contributed by atoms with Crippen molar-refractivity contribution in [2.75, 3.05) is 33.7 Å². The minimum absolute atomic E-state index is 0.265. The van der Waals surface area contributed by atoms with Gasteiger partial charge in [0, 0.05) is 37.3 Å². The van der Waals surface area contributed by atoms with Gasteiger partial charge in [-0.3, -0.25) is 4.90 Å². The Labute approximate surface area is 107 Å². The van der Waals surface area contributed by atoms with Crippen molar-refractivity contribution in [2.45, 2.75) is 57.2 Å². The molecule has 0 radical (unpaired) electrons. The third-order valence-corrected chi connectivity index (χ3v) is 4.07. The summed E-state index contributed by atoms with van der Waals surface area (Å²) in [6.07, 6.45) is 5.72. The summed E-state index contributed by atoms with van der Waals surface area (Å²) in [6.45, 7) is 8.27. The summed E-state index contributed by atoms with van der Waals surface area (Å²) in [5.41, 5.74) is 0.265. The maximum atomic E-state index is 3.79. The number of rotatable bonds is 3. The van der Waals surface area contributed by atoms with Crippen molar-refractivity contribution < 1.29 is 0 Å². The molecule has 0 aromatic carbocycles. The molecule has 1 heterocycles. The molecule has 2 rings (SSSR count). The highest BCUT2D eigenvalue weighted by Crippen LogP contribution is 2.27. The van der Waals surface area contributed by atoms with Crippen LogP contribution in [0.15, 0.2) is 0 Å². The average Bonchev–Trinajstić information content (AvgIpc) is 2.65. The summed E-state index contributed by atoms with van der Waals surface area (Å²) in [4.78, 5) is 5.05. The van der Waals surface area contributed by atoms with Gasteiger partial charge in [0.05, 0.1) is 0 Å². The standard InChI is InChI=1S/C14H29N3/c1-14(2)11-17(13-7-5-6-8-13)10-12(15-14)9-16(3)4/h12-13,15H,5-11H2,1-4H3. The number of piperazine rings is 1. The van der Waals surface area contributed by atoms with Crippen LogP contribution in [0, 0.1) is 0 Å². The highest BCUT2D eigenvalue weighted by molar-refractivity contribution is 4.96. The maximum Gasteiger partial charge on any atom is 0.0327 e. The van der Waals surface area contributed by atoms with Gasteiger partial charge in [-0.15, -0.1) is 0 Å². The van der Waals surface area contributed by atoms with Crippen molar-refractivity contribution in [1.82, 2.24) is 15.1 Å². The minimum atomic E-state index is 0.265. The van der Waals surface area contributed by atoms with Gasteiger partial charge < -0.3 is 10.2 Å². The fourth-order valence-corrected chi connectivity index (χ4v) is 3.59. The molecule has 1 unspecified atom stereocenters. The summed E-state index contributed by atoms with van der Waals surface area (Å²) < 4.78 is 0. The molecule has 2 aliphatic rings. The molecule has 1 aliphatic carbocycles. The molecule has 1 aliphatic heterocycles. The SMILES string of the molecule is CN(C)CC1CN(C2CCCC2)CC(C)(C)N1. The first-order valence-electron chi connectivity index (χ1n) is 7.13. The molecule has 17 heavy (non-hydrogen) atoms. The van der Waals surface area contributed by atoms with E-state index >= 15 is 0 Å². The van der Waals surface area contributed by atoms with Gasteiger partial charge in [0.15, 0.2) is 0 Å². The Balaban J connectivity index is 1.97. The third kappa shape index (κ3) is 3.67. The first kappa shape index (κ1) is 13.3. The van der Waals surface area contributed by atoms with Gasteiger partial charge in [-0.25, -0.2) is 0 Å². The van der Waals surface area contributed by atoms with Crippen LogP contribution in [0.2, 0.25) is 0 Å². The summed E-state index contributed by atoms with van der Waals surface area (Å²) in [5.74, 6) is 0. The second-order valence-corrected chi connectivity index (χ2v) is 6.86. The first-order chi connectivity index (χ1) is 7.96. The second kappa shape index (κ2) is 5.25. The molecular formula is C14H29N3. The quantitative estimate of drug-likeness (QED) is 0.806. The van der Waals surface area contributed by atoms with Crippen LogP contribution in [0.4, 0.5) is 0 Å². The van der Waals surface area contributed by atoms with Crippen LogP contribution in [0.25, 0.3) is 0 Å². The van der Waals surface area contributed by atoms with Crippen molar-refractivity contribution in [3.63, 3.8) is 0 Å². The lowest BCUT2D eigenvalue weighted by atomic mass is 9.96. The molecule has 3 nitrogen and oxygen atoms in total. The number of hydrogen-bond donors (Lipinski definition) is 1. The second-order valence-electron chi connectivity index (χ2n) is 6.86. The van der Waals surface area contributed by atoms with Crippen LogP contribution in [0.5, 0.6) is 0 Å². The van der Waals surface area contributed by atoms with E-state index in [9.17, 15) is 0 Å². The van der Waals surface area contributed by atoms with E-state index in [0.717, 1.165) is 12.6 Å². The molecule has 0 aromatic rings. The Morgan fingerprint density at radius 3 is 2.47 bits per heavy atom. The van der Waals surface area contributed by atoms with Gasteiger partial charge in [-0.1, -0.05) is 12.8 Å². The van der Waals surface area contributed by atoms with Crippen molar-refractivity contribution in [3.05, 3.63) is 0 Å². The summed E-state index contributed by atoms with van der Waals surface area (Å²) in [6, 6.07) is 1.48. The molecule has 2 fully saturated rings. The van der Waals surface area contributed by atoms with Crippen LogP contribution in [-0.2, 0) is 0 Å². The zero-order valence-electron chi connectivity index (χ0n) is 12.0. The Morgan fingerprint density at radius 1 is 1.24 bits per heavy atom. The Morgan fingerprint density at radius 2 is 1.88 bits per heavy atom. The van der Waals surface area contributed by atoms with E-state index in [4.69, 9.17) is 0 Å². The molecule has 0 aromatic heterocycles. The lowest BCUT2D eigenvalue weighted by Gasteiger charge is -2.46. The van der Waals surface area contributed by atoms with E-state index in [2.05, 4.69) is 43.1 Å². The third-order valence-electron chi connectivity index (χ3n) is 4.07. The highest BCUT2D eigenvalue weighted by atomic mass is 15.3. The van der Waals surface area contributed by atoms with Crippen LogP contribution in [0.3, 0.4) is 0 Å². The van der Waals surface area contributed by atoms with Gasteiger partial charge >= 0.3 is 0 Å². The Bertz CT molecular complexity index is 244. The minimum Gasteiger partial charge on any atom is -0.308 e. The zero-order chi connectivity index (χ0) is 12.5. The average molecular weight is 239 g/mol. The van der Waals surface area contributed by atoms with Gasteiger partial charge in [0.2, 0.25) is 0 Å². The number of hydrogen-bond acceptors (Lipinski definition) is 3. The normalized spacial score (nSPS) is 31.2. The fourth-order valence-electron chi connectivity index (χ4n) is 3.59. The summed E-state index contributed by atoms with van der Waals surface area (Å²) >= 11 is 0. The highest BCUT2D eigenvalue weighted by Gasteiger charge is 2.35. The van der Waals surface area contributed by atoms with Crippen molar-refractivity contribution in [2.24, 2.45) is 0 Å².